The number of fused-ring (bicyclic) bond motifs is 1. The number of imidazole rings is 1. The van der Waals surface area contributed by atoms with Gasteiger partial charge in [0.2, 0.25) is 0 Å². The second kappa shape index (κ2) is 7.36. The second-order valence-corrected chi connectivity index (χ2v) is 6.41. The molecular weight excluding hydrogens is 342 g/mol. The lowest BCUT2D eigenvalue weighted by Gasteiger charge is -2.11. The fourth-order valence-electron chi connectivity index (χ4n) is 2.98. The highest BCUT2D eigenvalue weighted by Crippen LogP contribution is 2.13. The van der Waals surface area contributed by atoms with Gasteiger partial charge in [0.15, 0.2) is 0 Å². The Balaban J connectivity index is 1.40. The van der Waals surface area contributed by atoms with E-state index in [0.29, 0.717) is 18.7 Å². The second-order valence-electron chi connectivity index (χ2n) is 6.41. The summed E-state index contributed by atoms with van der Waals surface area (Å²) in [6.45, 7) is 2.49. The van der Waals surface area contributed by atoms with Gasteiger partial charge in [-0.3, -0.25) is 19.9 Å². The van der Waals surface area contributed by atoms with E-state index in [-0.39, 0.29) is 11.9 Å². The number of H-pyrrole nitrogens is 1. The van der Waals surface area contributed by atoms with Crippen LogP contribution in [0.3, 0.4) is 0 Å². The Labute approximate surface area is 155 Å². The number of para-hydroxylation sites is 2. The van der Waals surface area contributed by atoms with Crippen molar-refractivity contribution in [3.05, 3.63) is 72.3 Å². The fraction of sp³-hybridized carbons (Fsp3) is 0.211. The van der Waals surface area contributed by atoms with Crippen LogP contribution in [0.15, 0.2) is 55.2 Å². The van der Waals surface area contributed by atoms with Gasteiger partial charge < -0.3 is 9.88 Å². The molecule has 0 aliphatic heterocycles. The van der Waals surface area contributed by atoms with Crippen molar-refractivity contribution < 1.29 is 4.79 Å². The lowest BCUT2D eigenvalue weighted by molar-refractivity contribution is 0.0935. The van der Waals surface area contributed by atoms with Gasteiger partial charge in [0.1, 0.15) is 5.69 Å². The average Bonchev–Trinajstić information content (AvgIpc) is 3.30. The molecule has 2 N–H and O–H groups in total. The zero-order chi connectivity index (χ0) is 18.6. The van der Waals surface area contributed by atoms with E-state index >= 15 is 0 Å². The van der Waals surface area contributed by atoms with Crippen LogP contribution in [-0.2, 0) is 13.0 Å². The van der Waals surface area contributed by atoms with Gasteiger partial charge in [0.25, 0.3) is 5.91 Å². The first-order valence-electron chi connectivity index (χ1n) is 8.69. The number of hydrogen-bond acceptors (Lipinski definition) is 5. The van der Waals surface area contributed by atoms with Crippen LogP contribution in [0.1, 0.15) is 28.8 Å². The number of amides is 1. The molecule has 0 fully saturated rings. The number of carbonyl (C=O) groups is 1. The highest BCUT2D eigenvalue weighted by Gasteiger charge is 2.14. The highest BCUT2D eigenvalue weighted by molar-refractivity contribution is 5.92. The molecule has 27 heavy (non-hydrogen) atoms. The van der Waals surface area contributed by atoms with E-state index in [2.05, 4.69) is 30.5 Å². The molecule has 0 aliphatic rings. The average molecular weight is 361 g/mol. The van der Waals surface area contributed by atoms with Crippen LogP contribution < -0.4 is 5.32 Å². The molecule has 1 unspecified atom stereocenters. The molecule has 1 amide bonds. The van der Waals surface area contributed by atoms with E-state index in [1.54, 1.807) is 31.0 Å². The first-order valence-corrected chi connectivity index (χ1v) is 8.69. The number of aromatic nitrogens is 6. The van der Waals surface area contributed by atoms with Gasteiger partial charge in [-0.25, -0.2) is 4.98 Å². The summed E-state index contributed by atoms with van der Waals surface area (Å²) in [6.07, 6.45) is 7.36. The molecule has 0 radical (unpaired) electrons. The molecule has 3 aromatic heterocycles. The number of carbonyl (C=O) groups excluding carboxylic acids is 1. The number of rotatable bonds is 6. The third-order valence-corrected chi connectivity index (χ3v) is 4.24. The van der Waals surface area contributed by atoms with E-state index in [9.17, 15) is 4.79 Å². The predicted molar refractivity (Wildman–Crippen MR) is 100 cm³/mol. The minimum absolute atomic E-state index is 0.0769. The van der Waals surface area contributed by atoms with E-state index < -0.39 is 0 Å². The number of nitrogens with zero attached hydrogens (tertiary/aromatic N) is 5. The monoisotopic (exact) mass is 361 g/mol. The van der Waals surface area contributed by atoms with E-state index in [1.165, 1.54) is 0 Å². The minimum atomic E-state index is -0.218. The molecular formula is C19H19N7O. The van der Waals surface area contributed by atoms with Crippen LogP contribution >= 0.6 is 0 Å². The maximum Gasteiger partial charge on any atom is 0.271 e. The Hall–Kier alpha value is -3.55. The molecule has 0 spiro atoms. The van der Waals surface area contributed by atoms with Gasteiger partial charge in [-0.15, -0.1) is 0 Å². The molecule has 0 aliphatic carbocycles. The molecule has 0 saturated heterocycles. The molecule has 8 heteroatoms. The van der Waals surface area contributed by atoms with Crippen LogP contribution in [0.5, 0.6) is 0 Å². The molecule has 4 aromatic rings. The van der Waals surface area contributed by atoms with Crippen molar-refractivity contribution in [1.82, 2.24) is 35.0 Å². The normalized spacial score (nSPS) is 12.2. The van der Waals surface area contributed by atoms with Crippen molar-refractivity contribution in [2.75, 3.05) is 0 Å². The maximum absolute atomic E-state index is 12.4. The van der Waals surface area contributed by atoms with Gasteiger partial charge in [-0.1, -0.05) is 12.1 Å². The fourth-order valence-corrected chi connectivity index (χ4v) is 2.98. The molecule has 0 saturated carbocycles. The van der Waals surface area contributed by atoms with E-state index in [0.717, 1.165) is 22.4 Å². The van der Waals surface area contributed by atoms with Crippen LogP contribution in [0, 0.1) is 0 Å². The zero-order valence-corrected chi connectivity index (χ0v) is 14.8. The lowest BCUT2D eigenvalue weighted by Crippen LogP contribution is -2.34. The highest BCUT2D eigenvalue weighted by atomic mass is 16.2. The number of benzene rings is 1. The Morgan fingerprint density at radius 2 is 2.15 bits per heavy atom. The largest absolute Gasteiger partial charge is 0.348 e. The van der Waals surface area contributed by atoms with Crippen molar-refractivity contribution in [3.63, 3.8) is 0 Å². The van der Waals surface area contributed by atoms with Crippen molar-refractivity contribution >= 4 is 16.9 Å². The Kier molecular flexibility index (Phi) is 4.61. The summed E-state index contributed by atoms with van der Waals surface area (Å²) >= 11 is 0. The SMILES string of the molecule is CC(Cc1cnccn1)NC(=O)c1cc(Cn2cnc3ccccc32)[nH]n1. The van der Waals surface area contributed by atoms with E-state index in [1.807, 2.05) is 35.8 Å². The molecule has 3 heterocycles. The van der Waals surface area contributed by atoms with Crippen molar-refractivity contribution in [2.24, 2.45) is 0 Å². The molecule has 0 bridgehead atoms. The van der Waals surface area contributed by atoms with E-state index in [4.69, 9.17) is 0 Å². The Morgan fingerprint density at radius 3 is 3.00 bits per heavy atom. The summed E-state index contributed by atoms with van der Waals surface area (Å²) in [7, 11) is 0. The first kappa shape index (κ1) is 16.9. The van der Waals surface area contributed by atoms with Gasteiger partial charge in [-0.05, 0) is 25.1 Å². The molecule has 136 valence electrons. The number of nitrogens with one attached hydrogen (secondary N) is 2. The predicted octanol–water partition coefficient (Wildman–Crippen LogP) is 1.96. The summed E-state index contributed by atoms with van der Waals surface area (Å²) < 4.78 is 2.02. The van der Waals surface area contributed by atoms with Crippen LogP contribution in [0.2, 0.25) is 0 Å². The van der Waals surface area contributed by atoms with Crippen molar-refractivity contribution in [1.29, 1.82) is 0 Å². The van der Waals surface area contributed by atoms with Gasteiger partial charge >= 0.3 is 0 Å². The van der Waals surface area contributed by atoms with Gasteiger partial charge in [-0.2, -0.15) is 5.10 Å². The Morgan fingerprint density at radius 1 is 1.26 bits per heavy atom. The first-order chi connectivity index (χ1) is 13.2. The summed E-state index contributed by atoms with van der Waals surface area (Å²) in [6, 6.07) is 9.60. The minimum Gasteiger partial charge on any atom is -0.348 e. The number of hydrogen-bond donors (Lipinski definition) is 2. The summed E-state index contributed by atoms with van der Waals surface area (Å²) in [4.78, 5) is 25.1. The molecule has 1 aromatic carbocycles. The molecule has 8 nitrogen and oxygen atoms in total. The van der Waals surface area contributed by atoms with Crippen LogP contribution in [0.25, 0.3) is 11.0 Å². The maximum atomic E-state index is 12.4. The molecule has 1 atom stereocenters. The topological polar surface area (TPSA) is 101 Å². The van der Waals surface area contributed by atoms with Gasteiger partial charge in [0.05, 0.1) is 35.3 Å². The summed E-state index contributed by atoms with van der Waals surface area (Å²) in [5, 5.41) is 10.0. The zero-order valence-electron chi connectivity index (χ0n) is 14.8. The molecule has 4 rings (SSSR count). The summed E-state index contributed by atoms with van der Waals surface area (Å²) in [5.41, 5.74) is 4.01. The third-order valence-electron chi connectivity index (χ3n) is 4.24. The standard InChI is InChI=1S/C19H19N7O/c1-13(8-14-10-20-6-7-21-14)23-19(27)17-9-15(24-25-17)11-26-12-22-16-4-2-3-5-18(16)26/h2-7,9-10,12-13H,8,11H2,1H3,(H,23,27)(H,24,25). The van der Waals surface area contributed by atoms with Gasteiger partial charge in [0, 0.05) is 31.1 Å². The van der Waals surface area contributed by atoms with Crippen molar-refractivity contribution in [3.8, 4) is 0 Å². The number of aromatic amines is 1. The summed E-state index contributed by atoms with van der Waals surface area (Å²) in [5.74, 6) is -0.218. The van der Waals surface area contributed by atoms with Crippen molar-refractivity contribution in [2.45, 2.75) is 25.9 Å². The lowest BCUT2D eigenvalue weighted by atomic mass is 10.2. The smallest absolute Gasteiger partial charge is 0.271 e. The Bertz CT molecular complexity index is 1050. The van der Waals surface area contributed by atoms with Crippen LogP contribution in [0.4, 0.5) is 0 Å². The third kappa shape index (κ3) is 3.84. The van der Waals surface area contributed by atoms with Crippen LogP contribution in [-0.4, -0.2) is 41.7 Å². The quantitative estimate of drug-likeness (QED) is 0.547.